The van der Waals surface area contributed by atoms with E-state index in [-0.39, 0.29) is 5.69 Å². The minimum absolute atomic E-state index is 0.0680. The Hall–Kier alpha value is -2.70. The lowest BCUT2D eigenvalue weighted by atomic mass is 10.2. The summed E-state index contributed by atoms with van der Waals surface area (Å²) >= 11 is 0. The van der Waals surface area contributed by atoms with Gasteiger partial charge in [-0.05, 0) is 12.5 Å². The summed E-state index contributed by atoms with van der Waals surface area (Å²) in [5, 5.41) is 13.2. The van der Waals surface area contributed by atoms with E-state index < -0.39 is 11.0 Å². The zero-order valence-corrected chi connectivity index (χ0v) is 9.53. The SMILES string of the molecule is Cc1ccc([N+](=O)[O-])cc1NC(=O)n1ccnc1. The molecule has 0 atom stereocenters. The summed E-state index contributed by atoms with van der Waals surface area (Å²) in [7, 11) is 0. The van der Waals surface area contributed by atoms with E-state index in [1.807, 2.05) is 0 Å². The molecule has 0 bridgehead atoms. The number of rotatable bonds is 2. The van der Waals surface area contributed by atoms with Crippen LogP contribution < -0.4 is 5.32 Å². The maximum Gasteiger partial charge on any atom is 0.331 e. The topological polar surface area (TPSA) is 90.1 Å². The summed E-state index contributed by atoms with van der Waals surface area (Å²) < 4.78 is 1.25. The Balaban J connectivity index is 2.26. The van der Waals surface area contributed by atoms with Gasteiger partial charge in [0.1, 0.15) is 6.33 Å². The first kappa shape index (κ1) is 11.8. The van der Waals surface area contributed by atoms with Crippen LogP contribution in [-0.4, -0.2) is 20.5 Å². The van der Waals surface area contributed by atoms with Crippen LogP contribution in [0.5, 0.6) is 0 Å². The monoisotopic (exact) mass is 246 g/mol. The maximum atomic E-state index is 11.8. The minimum Gasteiger partial charge on any atom is -0.307 e. The van der Waals surface area contributed by atoms with Crippen LogP contribution in [0.3, 0.4) is 0 Å². The van der Waals surface area contributed by atoms with Gasteiger partial charge in [0.2, 0.25) is 0 Å². The first-order valence-corrected chi connectivity index (χ1v) is 5.12. The molecule has 0 saturated carbocycles. The maximum absolute atomic E-state index is 11.8. The molecular weight excluding hydrogens is 236 g/mol. The van der Waals surface area contributed by atoms with Crippen molar-refractivity contribution in [2.45, 2.75) is 6.92 Å². The van der Waals surface area contributed by atoms with Crippen LogP contribution in [0.4, 0.5) is 16.2 Å². The molecule has 0 saturated heterocycles. The first-order chi connectivity index (χ1) is 8.58. The number of carbonyl (C=O) groups excluding carboxylic acids is 1. The molecule has 0 aliphatic rings. The Morgan fingerprint density at radius 1 is 1.50 bits per heavy atom. The third-order valence-corrected chi connectivity index (χ3v) is 2.41. The fourth-order valence-corrected chi connectivity index (χ4v) is 1.42. The van der Waals surface area contributed by atoms with Crippen molar-refractivity contribution >= 4 is 17.4 Å². The minimum atomic E-state index is -0.508. The van der Waals surface area contributed by atoms with Crippen LogP contribution in [-0.2, 0) is 0 Å². The van der Waals surface area contributed by atoms with Gasteiger partial charge in [-0.2, -0.15) is 0 Å². The highest BCUT2D eigenvalue weighted by Gasteiger charge is 2.11. The van der Waals surface area contributed by atoms with Gasteiger partial charge in [-0.3, -0.25) is 14.7 Å². The van der Waals surface area contributed by atoms with Crippen LogP contribution >= 0.6 is 0 Å². The normalized spacial score (nSPS) is 10.1. The number of aromatic nitrogens is 2. The summed E-state index contributed by atoms with van der Waals surface area (Å²) in [5.74, 6) is 0. The molecule has 18 heavy (non-hydrogen) atoms. The Morgan fingerprint density at radius 3 is 2.89 bits per heavy atom. The highest BCUT2D eigenvalue weighted by atomic mass is 16.6. The van der Waals surface area contributed by atoms with Gasteiger partial charge in [-0.25, -0.2) is 9.78 Å². The number of hydrogen-bond donors (Lipinski definition) is 1. The van der Waals surface area contributed by atoms with Gasteiger partial charge in [0.25, 0.3) is 5.69 Å². The van der Waals surface area contributed by atoms with Gasteiger partial charge in [-0.15, -0.1) is 0 Å². The van der Waals surface area contributed by atoms with Gasteiger partial charge in [0.15, 0.2) is 0 Å². The lowest BCUT2D eigenvalue weighted by Crippen LogP contribution is -2.18. The summed E-state index contributed by atoms with van der Waals surface area (Å²) in [6, 6.07) is 3.88. The number of imidazole rings is 1. The highest BCUT2D eigenvalue weighted by molar-refractivity contribution is 5.92. The second-order valence-corrected chi connectivity index (χ2v) is 3.66. The van der Waals surface area contributed by atoms with Crippen LogP contribution in [0.25, 0.3) is 0 Å². The van der Waals surface area contributed by atoms with E-state index in [0.29, 0.717) is 5.69 Å². The number of carbonyl (C=O) groups is 1. The second kappa shape index (κ2) is 4.66. The van der Waals surface area contributed by atoms with Crippen molar-refractivity contribution in [2.24, 2.45) is 0 Å². The van der Waals surface area contributed by atoms with Crippen LogP contribution in [0.1, 0.15) is 5.56 Å². The van der Waals surface area contributed by atoms with E-state index in [1.54, 1.807) is 13.0 Å². The number of nitrogens with zero attached hydrogens (tertiary/aromatic N) is 3. The summed E-state index contributed by atoms with van der Waals surface area (Å²) in [4.78, 5) is 25.6. The third-order valence-electron chi connectivity index (χ3n) is 2.41. The molecule has 92 valence electrons. The van der Waals surface area contributed by atoms with Crippen molar-refractivity contribution in [3.05, 3.63) is 52.6 Å². The van der Waals surface area contributed by atoms with Crippen molar-refractivity contribution in [1.82, 2.24) is 9.55 Å². The molecule has 1 N–H and O–H groups in total. The average Bonchev–Trinajstić information content (AvgIpc) is 2.85. The largest absolute Gasteiger partial charge is 0.331 e. The number of anilines is 1. The van der Waals surface area contributed by atoms with E-state index >= 15 is 0 Å². The third kappa shape index (κ3) is 2.34. The molecule has 0 unspecified atom stereocenters. The van der Waals surface area contributed by atoms with Crippen molar-refractivity contribution in [3.63, 3.8) is 0 Å². The summed E-state index contributed by atoms with van der Waals surface area (Å²) in [6.45, 7) is 1.76. The number of benzene rings is 1. The van der Waals surface area contributed by atoms with Gasteiger partial charge >= 0.3 is 6.03 Å². The number of nitrogens with one attached hydrogen (secondary N) is 1. The predicted molar refractivity (Wildman–Crippen MR) is 64.5 cm³/mol. The average molecular weight is 246 g/mol. The Kier molecular flexibility index (Phi) is 3.05. The Bertz CT molecular complexity index is 592. The molecule has 7 nitrogen and oxygen atoms in total. The molecule has 1 aromatic heterocycles. The molecule has 0 spiro atoms. The summed E-state index contributed by atoms with van der Waals surface area (Å²) in [6.07, 6.45) is 4.31. The Labute approximate surface area is 102 Å². The number of nitro groups is 1. The molecule has 0 aliphatic carbocycles. The smallest absolute Gasteiger partial charge is 0.307 e. The lowest BCUT2D eigenvalue weighted by Gasteiger charge is -2.07. The predicted octanol–water partition coefficient (Wildman–Crippen LogP) is 2.18. The first-order valence-electron chi connectivity index (χ1n) is 5.12. The van der Waals surface area contributed by atoms with E-state index in [9.17, 15) is 14.9 Å². The number of amides is 1. The number of hydrogen-bond acceptors (Lipinski definition) is 4. The molecule has 0 fully saturated rings. The number of aryl methyl sites for hydroxylation is 1. The molecule has 0 aliphatic heterocycles. The zero-order chi connectivity index (χ0) is 13.1. The van der Waals surface area contributed by atoms with E-state index in [0.717, 1.165) is 5.56 Å². The fourth-order valence-electron chi connectivity index (χ4n) is 1.42. The van der Waals surface area contributed by atoms with Gasteiger partial charge in [-0.1, -0.05) is 6.07 Å². The van der Waals surface area contributed by atoms with Crippen molar-refractivity contribution < 1.29 is 9.72 Å². The lowest BCUT2D eigenvalue weighted by molar-refractivity contribution is -0.384. The highest BCUT2D eigenvalue weighted by Crippen LogP contribution is 2.21. The van der Waals surface area contributed by atoms with Crippen molar-refractivity contribution in [2.75, 3.05) is 5.32 Å². The van der Waals surface area contributed by atoms with Crippen LogP contribution in [0.15, 0.2) is 36.9 Å². The van der Waals surface area contributed by atoms with E-state index in [2.05, 4.69) is 10.3 Å². The molecule has 0 radical (unpaired) electrons. The molecule has 1 heterocycles. The molecule has 1 aromatic carbocycles. The quantitative estimate of drug-likeness (QED) is 0.649. The van der Waals surface area contributed by atoms with E-state index in [4.69, 9.17) is 0 Å². The zero-order valence-electron chi connectivity index (χ0n) is 9.53. The second-order valence-electron chi connectivity index (χ2n) is 3.66. The van der Waals surface area contributed by atoms with Crippen molar-refractivity contribution in [1.29, 1.82) is 0 Å². The number of nitro benzene ring substituents is 1. The molecule has 2 aromatic rings. The van der Waals surface area contributed by atoms with Crippen LogP contribution in [0, 0.1) is 17.0 Å². The van der Waals surface area contributed by atoms with Gasteiger partial charge in [0, 0.05) is 24.5 Å². The van der Waals surface area contributed by atoms with Gasteiger partial charge < -0.3 is 5.32 Å². The Morgan fingerprint density at radius 2 is 2.28 bits per heavy atom. The molecule has 7 heteroatoms. The van der Waals surface area contributed by atoms with E-state index in [1.165, 1.54) is 35.4 Å². The van der Waals surface area contributed by atoms with Crippen LogP contribution in [0.2, 0.25) is 0 Å². The molecular formula is C11H10N4O3. The molecule has 1 amide bonds. The fraction of sp³-hybridized carbons (Fsp3) is 0.0909. The summed E-state index contributed by atoms with van der Waals surface area (Å²) in [5.41, 5.74) is 1.08. The standard InChI is InChI=1S/C11H10N4O3/c1-8-2-3-9(15(17)18)6-10(8)13-11(16)14-5-4-12-7-14/h2-7H,1H3,(H,13,16). The molecule has 2 rings (SSSR count). The number of non-ortho nitro benzene ring substituents is 1. The van der Waals surface area contributed by atoms with Crippen molar-refractivity contribution in [3.8, 4) is 0 Å². The van der Waals surface area contributed by atoms with Gasteiger partial charge in [0.05, 0.1) is 10.6 Å².